The predicted molar refractivity (Wildman–Crippen MR) is 63.4 cm³/mol. The zero-order valence-corrected chi connectivity index (χ0v) is 10.8. The van der Waals surface area contributed by atoms with Crippen molar-refractivity contribution in [1.29, 1.82) is 0 Å². The van der Waals surface area contributed by atoms with Gasteiger partial charge in [0.25, 0.3) is 10.0 Å². The molecule has 0 saturated carbocycles. The molecule has 1 rings (SSSR count). The highest BCUT2D eigenvalue weighted by molar-refractivity contribution is 7.89. The van der Waals surface area contributed by atoms with E-state index in [9.17, 15) is 13.2 Å². The summed E-state index contributed by atoms with van der Waals surface area (Å²) in [5.74, 6) is 0.00610. The second-order valence-corrected chi connectivity index (χ2v) is 5.58. The fourth-order valence-corrected chi connectivity index (χ4v) is 2.65. The summed E-state index contributed by atoms with van der Waals surface area (Å²) in [6.07, 6.45) is 3.22. The zero-order chi connectivity index (χ0) is 12.9. The van der Waals surface area contributed by atoms with Gasteiger partial charge in [0.2, 0.25) is 5.09 Å². The van der Waals surface area contributed by atoms with E-state index in [-0.39, 0.29) is 16.9 Å². The molecule has 0 aliphatic heterocycles. The van der Waals surface area contributed by atoms with Crippen molar-refractivity contribution in [2.45, 2.75) is 44.2 Å². The average Bonchev–Trinajstić information content (AvgIpc) is 2.75. The second kappa shape index (κ2) is 5.97. The number of rotatable bonds is 7. The lowest BCUT2D eigenvalue weighted by atomic mass is 10.2. The highest BCUT2D eigenvalue weighted by atomic mass is 32.2. The van der Waals surface area contributed by atoms with Gasteiger partial charge in [0.05, 0.1) is 0 Å². The molecule has 0 saturated heterocycles. The average molecular weight is 259 g/mol. The van der Waals surface area contributed by atoms with E-state index >= 15 is 0 Å². The molecule has 1 heterocycles. The quantitative estimate of drug-likeness (QED) is 0.759. The summed E-state index contributed by atoms with van der Waals surface area (Å²) in [6.45, 7) is 3.85. The van der Waals surface area contributed by atoms with Gasteiger partial charge in [-0.25, -0.2) is 13.1 Å². The van der Waals surface area contributed by atoms with Crippen LogP contribution in [0, 0.1) is 0 Å². The summed E-state index contributed by atoms with van der Waals surface area (Å²) in [5, 5.41) is -0.219. The molecule has 1 N–H and O–H groups in total. The van der Waals surface area contributed by atoms with Gasteiger partial charge in [0.1, 0.15) is 0 Å². The molecule has 0 aliphatic rings. The van der Waals surface area contributed by atoms with Crippen molar-refractivity contribution < 1.29 is 17.6 Å². The Morgan fingerprint density at radius 1 is 1.47 bits per heavy atom. The van der Waals surface area contributed by atoms with E-state index in [2.05, 4.69) is 4.72 Å². The smallest absolute Gasteiger partial charge is 0.274 e. The van der Waals surface area contributed by atoms with Crippen molar-refractivity contribution in [2.75, 3.05) is 0 Å². The minimum Gasteiger partial charge on any atom is -0.440 e. The van der Waals surface area contributed by atoms with Gasteiger partial charge in [0, 0.05) is 6.04 Å². The molecule has 1 atom stereocenters. The molecular weight excluding hydrogens is 242 g/mol. The molecule has 0 spiro atoms. The standard InChI is InChI=1S/C11H17NO4S/c1-3-4-5-9(2)12-17(14,15)11-7-6-10(8-13)16-11/h6-9,12H,3-5H2,1-2H3. The lowest BCUT2D eigenvalue weighted by Crippen LogP contribution is -2.32. The van der Waals surface area contributed by atoms with Crippen LogP contribution in [0.2, 0.25) is 0 Å². The third-order valence-electron chi connectivity index (χ3n) is 2.33. The highest BCUT2D eigenvalue weighted by Crippen LogP contribution is 2.13. The Labute approximate surface area is 101 Å². The molecule has 0 bridgehead atoms. The van der Waals surface area contributed by atoms with Crippen molar-refractivity contribution in [3.63, 3.8) is 0 Å². The van der Waals surface area contributed by atoms with Crippen molar-refractivity contribution in [3.05, 3.63) is 17.9 Å². The van der Waals surface area contributed by atoms with Gasteiger partial charge in [-0.2, -0.15) is 0 Å². The number of hydrogen-bond acceptors (Lipinski definition) is 4. The van der Waals surface area contributed by atoms with Crippen molar-refractivity contribution in [2.24, 2.45) is 0 Å². The summed E-state index contributed by atoms with van der Waals surface area (Å²) in [6, 6.07) is 2.46. The van der Waals surface area contributed by atoms with Crippen LogP contribution in [0.4, 0.5) is 0 Å². The monoisotopic (exact) mass is 259 g/mol. The minimum atomic E-state index is -3.65. The van der Waals surface area contributed by atoms with Crippen LogP contribution in [0.3, 0.4) is 0 Å². The Morgan fingerprint density at radius 2 is 2.18 bits per heavy atom. The van der Waals surface area contributed by atoms with Crippen LogP contribution < -0.4 is 4.72 Å². The number of carbonyl (C=O) groups is 1. The van der Waals surface area contributed by atoms with Crippen LogP contribution in [0.5, 0.6) is 0 Å². The van der Waals surface area contributed by atoms with Crippen LogP contribution in [0.25, 0.3) is 0 Å². The Balaban J connectivity index is 2.71. The van der Waals surface area contributed by atoms with Crippen LogP contribution in [0.1, 0.15) is 43.7 Å². The van der Waals surface area contributed by atoms with E-state index in [4.69, 9.17) is 4.42 Å². The van der Waals surface area contributed by atoms with E-state index < -0.39 is 10.0 Å². The molecule has 0 fully saturated rings. The first kappa shape index (κ1) is 13.9. The van der Waals surface area contributed by atoms with E-state index in [1.165, 1.54) is 12.1 Å². The SMILES string of the molecule is CCCCC(C)NS(=O)(=O)c1ccc(C=O)o1. The van der Waals surface area contributed by atoms with Gasteiger partial charge in [-0.1, -0.05) is 19.8 Å². The van der Waals surface area contributed by atoms with Crippen LogP contribution >= 0.6 is 0 Å². The van der Waals surface area contributed by atoms with E-state index in [1.807, 2.05) is 6.92 Å². The molecule has 17 heavy (non-hydrogen) atoms. The fourth-order valence-electron chi connectivity index (χ4n) is 1.43. The summed E-state index contributed by atoms with van der Waals surface area (Å²) >= 11 is 0. The number of aldehydes is 1. The molecule has 1 aromatic heterocycles. The maximum atomic E-state index is 11.8. The third kappa shape index (κ3) is 3.98. The Kier molecular flexibility index (Phi) is 4.89. The molecule has 1 aromatic rings. The first-order valence-electron chi connectivity index (χ1n) is 5.57. The van der Waals surface area contributed by atoms with Gasteiger partial charge < -0.3 is 4.42 Å². The number of sulfonamides is 1. The zero-order valence-electron chi connectivity index (χ0n) is 9.97. The highest BCUT2D eigenvalue weighted by Gasteiger charge is 2.20. The van der Waals surface area contributed by atoms with Gasteiger partial charge in [-0.15, -0.1) is 0 Å². The number of unbranched alkanes of at least 4 members (excludes halogenated alkanes) is 1. The topological polar surface area (TPSA) is 76.4 Å². The van der Waals surface area contributed by atoms with Gasteiger partial charge in [-0.3, -0.25) is 4.79 Å². The number of nitrogens with one attached hydrogen (secondary N) is 1. The summed E-state index contributed by atoms with van der Waals surface area (Å²) in [4.78, 5) is 10.4. The fraction of sp³-hybridized carbons (Fsp3) is 0.545. The molecule has 0 radical (unpaired) electrons. The molecule has 0 aromatic carbocycles. The maximum absolute atomic E-state index is 11.8. The summed E-state index contributed by atoms with van der Waals surface area (Å²) in [5.41, 5.74) is 0. The molecule has 0 amide bonds. The van der Waals surface area contributed by atoms with Gasteiger partial charge in [0.15, 0.2) is 12.0 Å². The van der Waals surface area contributed by atoms with Gasteiger partial charge in [-0.05, 0) is 25.5 Å². The van der Waals surface area contributed by atoms with Crippen LogP contribution in [-0.2, 0) is 10.0 Å². The van der Waals surface area contributed by atoms with E-state index in [1.54, 1.807) is 6.92 Å². The number of furan rings is 1. The van der Waals surface area contributed by atoms with Crippen LogP contribution in [0.15, 0.2) is 21.6 Å². The summed E-state index contributed by atoms with van der Waals surface area (Å²) < 4.78 is 31.0. The van der Waals surface area contributed by atoms with E-state index in [0.29, 0.717) is 6.29 Å². The Bertz CT molecular complexity index is 464. The normalized spacial score (nSPS) is 13.5. The predicted octanol–water partition coefficient (Wildman–Crippen LogP) is 1.95. The third-order valence-corrected chi connectivity index (χ3v) is 3.79. The largest absolute Gasteiger partial charge is 0.440 e. The molecule has 5 nitrogen and oxygen atoms in total. The summed E-state index contributed by atoms with van der Waals surface area (Å²) in [7, 11) is -3.65. The van der Waals surface area contributed by atoms with Gasteiger partial charge >= 0.3 is 0 Å². The first-order valence-corrected chi connectivity index (χ1v) is 7.05. The lowest BCUT2D eigenvalue weighted by Gasteiger charge is -2.11. The second-order valence-electron chi connectivity index (χ2n) is 3.94. The molecule has 1 unspecified atom stereocenters. The Morgan fingerprint density at radius 3 is 2.71 bits per heavy atom. The van der Waals surface area contributed by atoms with Crippen LogP contribution in [-0.4, -0.2) is 20.7 Å². The molecule has 6 heteroatoms. The van der Waals surface area contributed by atoms with Crippen molar-refractivity contribution in [1.82, 2.24) is 4.72 Å². The molecule has 0 aliphatic carbocycles. The number of carbonyl (C=O) groups excluding carboxylic acids is 1. The van der Waals surface area contributed by atoms with Crippen molar-refractivity contribution in [3.8, 4) is 0 Å². The number of hydrogen-bond donors (Lipinski definition) is 1. The minimum absolute atomic E-state index is 0.00610. The lowest BCUT2D eigenvalue weighted by molar-refractivity contribution is 0.109. The molecule has 96 valence electrons. The maximum Gasteiger partial charge on any atom is 0.274 e. The van der Waals surface area contributed by atoms with Crippen molar-refractivity contribution >= 4 is 16.3 Å². The molecular formula is C11H17NO4S. The van der Waals surface area contributed by atoms with E-state index in [0.717, 1.165) is 19.3 Å². The first-order chi connectivity index (χ1) is 7.99. The Hall–Kier alpha value is -1.14.